The molecule has 0 bridgehead atoms. The first-order valence-corrected chi connectivity index (χ1v) is 12.6. The predicted molar refractivity (Wildman–Crippen MR) is 143 cm³/mol. The van der Waals surface area contributed by atoms with Gasteiger partial charge in [0.05, 0.1) is 12.6 Å². The van der Waals surface area contributed by atoms with Crippen LogP contribution in [0.4, 0.5) is 4.79 Å². The third kappa shape index (κ3) is 6.71. The van der Waals surface area contributed by atoms with Crippen molar-refractivity contribution in [3.05, 3.63) is 84.2 Å². The Hall–Kier alpha value is -3.78. The molecule has 0 fully saturated rings. The lowest BCUT2D eigenvalue weighted by atomic mass is 9.99. The van der Waals surface area contributed by atoms with Crippen LogP contribution >= 0.6 is 0 Å². The first-order chi connectivity index (χ1) is 17.7. The van der Waals surface area contributed by atoms with E-state index >= 15 is 0 Å². The Kier molecular flexibility index (Phi) is 8.18. The van der Waals surface area contributed by atoms with Crippen molar-refractivity contribution in [2.45, 2.75) is 38.9 Å². The van der Waals surface area contributed by atoms with Gasteiger partial charge in [-0.05, 0) is 62.7 Å². The molecule has 2 aromatic carbocycles. The summed E-state index contributed by atoms with van der Waals surface area (Å²) in [5, 5.41) is 2.96. The van der Waals surface area contributed by atoms with E-state index in [4.69, 9.17) is 9.47 Å². The van der Waals surface area contributed by atoms with Crippen molar-refractivity contribution in [3.8, 4) is 11.5 Å². The van der Waals surface area contributed by atoms with Gasteiger partial charge in [-0.1, -0.05) is 30.3 Å². The molecular formula is C29H36N4O4. The summed E-state index contributed by atoms with van der Waals surface area (Å²) in [4.78, 5) is 30.1. The summed E-state index contributed by atoms with van der Waals surface area (Å²) in [6, 6.07) is 20.9. The molecule has 0 radical (unpaired) electrons. The van der Waals surface area contributed by atoms with Gasteiger partial charge in [-0.15, -0.1) is 0 Å². The number of hydrogen-bond donors (Lipinski definition) is 1. The van der Waals surface area contributed by atoms with Crippen molar-refractivity contribution in [1.29, 1.82) is 0 Å². The number of nitrogens with one attached hydrogen (secondary N) is 1. The van der Waals surface area contributed by atoms with E-state index in [1.54, 1.807) is 7.11 Å². The molecule has 0 saturated heterocycles. The van der Waals surface area contributed by atoms with E-state index in [2.05, 4.69) is 9.88 Å². The zero-order valence-corrected chi connectivity index (χ0v) is 22.0. The Balaban J connectivity index is 1.60. The summed E-state index contributed by atoms with van der Waals surface area (Å²) in [6.07, 6.45) is 2.04. The highest BCUT2D eigenvalue weighted by Gasteiger charge is 2.34. The zero-order valence-electron chi connectivity index (χ0n) is 22.0. The van der Waals surface area contributed by atoms with Gasteiger partial charge in [-0.2, -0.15) is 0 Å². The minimum absolute atomic E-state index is 0.0390. The van der Waals surface area contributed by atoms with Gasteiger partial charge in [0.2, 0.25) is 5.91 Å². The van der Waals surface area contributed by atoms with E-state index < -0.39 is 5.54 Å². The third-order valence-electron chi connectivity index (χ3n) is 6.17. The van der Waals surface area contributed by atoms with E-state index in [0.29, 0.717) is 32.0 Å². The number of rotatable bonds is 8. The van der Waals surface area contributed by atoms with Crippen molar-refractivity contribution in [1.82, 2.24) is 19.7 Å². The van der Waals surface area contributed by atoms with E-state index in [1.165, 1.54) is 4.90 Å². The molecule has 8 nitrogen and oxygen atoms in total. The van der Waals surface area contributed by atoms with Gasteiger partial charge < -0.3 is 29.2 Å². The molecule has 196 valence electrons. The van der Waals surface area contributed by atoms with Crippen LogP contribution in [-0.2, 0) is 16.1 Å². The van der Waals surface area contributed by atoms with Crippen LogP contribution < -0.4 is 10.1 Å². The molecule has 0 aliphatic carbocycles. The SMILES string of the molecule is COCCN(CC(=O)N1CCn2cccc2C1c1cccc(Oc2ccccc2)c1)C(=O)NC(C)(C)C. The van der Waals surface area contributed by atoms with Gasteiger partial charge in [0.25, 0.3) is 0 Å². The molecule has 1 N–H and O–H groups in total. The third-order valence-corrected chi connectivity index (χ3v) is 6.17. The number of nitrogens with zero attached hydrogens (tertiary/aromatic N) is 3. The number of fused-ring (bicyclic) bond motifs is 1. The topological polar surface area (TPSA) is 76.0 Å². The molecule has 1 aliphatic rings. The van der Waals surface area contributed by atoms with Crippen molar-refractivity contribution in [2.75, 3.05) is 33.4 Å². The molecule has 0 spiro atoms. The van der Waals surface area contributed by atoms with E-state index in [1.807, 2.05) is 98.6 Å². The number of carbonyl (C=O) groups excluding carboxylic acids is 2. The molecule has 1 aromatic heterocycles. The van der Waals surface area contributed by atoms with Crippen molar-refractivity contribution >= 4 is 11.9 Å². The van der Waals surface area contributed by atoms with Crippen LogP contribution in [0.25, 0.3) is 0 Å². The molecule has 8 heteroatoms. The second-order valence-electron chi connectivity index (χ2n) is 10.2. The summed E-state index contributed by atoms with van der Waals surface area (Å²) in [6.45, 7) is 7.60. The number of ether oxygens (including phenoxy) is 2. The highest BCUT2D eigenvalue weighted by molar-refractivity contribution is 5.85. The average Bonchev–Trinajstić information content (AvgIpc) is 3.34. The monoisotopic (exact) mass is 504 g/mol. The summed E-state index contributed by atoms with van der Waals surface area (Å²) in [7, 11) is 1.58. The number of hydrogen-bond acceptors (Lipinski definition) is 4. The lowest BCUT2D eigenvalue weighted by molar-refractivity contribution is -0.134. The highest BCUT2D eigenvalue weighted by atomic mass is 16.5. The first-order valence-electron chi connectivity index (χ1n) is 12.6. The highest BCUT2D eigenvalue weighted by Crippen LogP contribution is 2.35. The second-order valence-corrected chi connectivity index (χ2v) is 10.2. The Morgan fingerprint density at radius 3 is 2.49 bits per heavy atom. The van der Waals surface area contributed by atoms with Crippen molar-refractivity contribution < 1.29 is 19.1 Å². The Bertz CT molecular complexity index is 1200. The minimum Gasteiger partial charge on any atom is -0.457 e. The maximum atomic E-state index is 13.8. The fourth-order valence-corrected chi connectivity index (χ4v) is 4.48. The quantitative estimate of drug-likeness (QED) is 0.484. The molecular weight excluding hydrogens is 468 g/mol. The standard InChI is InChI=1S/C29H36N4O4/c1-29(2,3)30-28(35)32(18-19-36-4)21-26(34)33-17-16-31-15-9-14-25(31)27(33)22-10-8-13-24(20-22)37-23-11-6-5-7-12-23/h5-15,20,27H,16-19,21H2,1-4H3,(H,30,35). The molecule has 3 amide bonds. The Morgan fingerprint density at radius 1 is 1.00 bits per heavy atom. The Morgan fingerprint density at radius 2 is 1.76 bits per heavy atom. The number of carbonyl (C=O) groups is 2. The van der Waals surface area contributed by atoms with Gasteiger partial charge in [0.15, 0.2) is 0 Å². The molecule has 2 heterocycles. The summed E-state index contributed by atoms with van der Waals surface area (Å²) >= 11 is 0. The number of amides is 3. The van der Waals surface area contributed by atoms with Gasteiger partial charge >= 0.3 is 6.03 Å². The minimum atomic E-state index is -0.418. The molecule has 1 atom stereocenters. The zero-order chi connectivity index (χ0) is 26.4. The summed E-state index contributed by atoms with van der Waals surface area (Å²) in [5.41, 5.74) is 1.56. The van der Waals surface area contributed by atoms with Crippen molar-refractivity contribution in [3.63, 3.8) is 0 Å². The first kappa shape index (κ1) is 26.3. The summed E-state index contributed by atoms with van der Waals surface area (Å²) in [5.74, 6) is 1.33. The van der Waals surface area contributed by atoms with Crippen LogP contribution in [0.15, 0.2) is 72.9 Å². The lowest BCUT2D eigenvalue weighted by Gasteiger charge is -2.38. The molecule has 37 heavy (non-hydrogen) atoms. The van der Waals surface area contributed by atoms with Gasteiger partial charge in [-0.3, -0.25) is 4.79 Å². The molecule has 1 unspecified atom stereocenters. The smallest absolute Gasteiger partial charge is 0.318 e. The largest absolute Gasteiger partial charge is 0.457 e. The number of urea groups is 1. The number of aromatic nitrogens is 1. The fraction of sp³-hybridized carbons (Fsp3) is 0.379. The number of benzene rings is 2. The van der Waals surface area contributed by atoms with Crippen LogP contribution in [-0.4, -0.2) is 65.2 Å². The van der Waals surface area contributed by atoms with Gasteiger partial charge in [-0.25, -0.2) is 4.79 Å². The maximum absolute atomic E-state index is 13.8. The molecule has 4 rings (SSSR count). The van der Waals surface area contributed by atoms with E-state index in [0.717, 1.165) is 17.0 Å². The van der Waals surface area contributed by atoms with Crippen LogP contribution in [0.3, 0.4) is 0 Å². The van der Waals surface area contributed by atoms with Crippen LogP contribution in [0.1, 0.15) is 38.1 Å². The van der Waals surface area contributed by atoms with Crippen molar-refractivity contribution in [2.24, 2.45) is 0 Å². The van der Waals surface area contributed by atoms with Gasteiger partial charge in [0.1, 0.15) is 18.0 Å². The predicted octanol–water partition coefficient (Wildman–Crippen LogP) is 4.67. The fourth-order valence-electron chi connectivity index (χ4n) is 4.48. The molecule has 1 aliphatic heterocycles. The summed E-state index contributed by atoms with van der Waals surface area (Å²) < 4.78 is 13.5. The van der Waals surface area contributed by atoms with Crippen LogP contribution in [0, 0.1) is 0 Å². The normalized spacial score (nSPS) is 15.1. The average molecular weight is 505 g/mol. The lowest BCUT2D eigenvalue weighted by Crippen LogP contribution is -2.53. The molecule has 3 aromatic rings. The van der Waals surface area contributed by atoms with Crippen LogP contribution in [0.2, 0.25) is 0 Å². The number of para-hydroxylation sites is 1. The number of methoxy groups -OCH3 is 1. The Labute approximate surface area is 218 Å². The maximum Gasteiger partial charge on any atom is 0.318 e. The van der Waals surface area contributed by atoms with E-state index in [-0.39, 0.29) is 24.5 Å². The van der Waals surface area contributed by atoms with E-state index in [9.17, 15) is 9.59 Å². The molecule has 0 saturated carbocycles. The van der Waals surface area contributed by atoms with Crippen LogP contribution in [0.5, 0.6) is 11.5 Å². The van der Waals surface area contributed by atoms with Gasteiger partial charge in [0, 0.05) is 44.2 Å². The second kappa shape index (κ2) is 11.5.